The summed E-state index contributed by atoms with van der Waals surface area (Å²) in [6.45, 7) is 8.69. The van der Waals surface area contributed by atoms with Gasteiger partial charge >= 0.3 is 0 Å². The normalized spacial score (nSPS) is 17.6. The summed E-state index contributed by atoms with van der Waals surface area (Å²) >= 11 is 0. The van der Waals surface area contributed by atoms with Crippen LogP contribution in [-0.4, -0.2) is 36.6 Å². The van der Waals surface area contributed by atoms with Gasteiger partial charge in [-0.1, -0.05) is 6.92 Å². The summed E-state index contributed by atoms with van der Waals surface area (Å²) in [5.41, 5.74) is 2.25. The maximum absolute atomic E-state index is 11.1. The first-order chi connectivity index (χ1) is 10.1. The molecular weight excluding hydrogens is 264 g/mol. The first-order valence-corrected chi connectivity index (χ1v) is 7.81. The number of pyridine rings is 1. The maximum Gasteiger partial charge on any atom is 0.217 e. The third-order valence-electron chi connectivity index (χ3n) is 3.99. The Balaban J connectivity index is 1.90. The number of anilines is 1. The molecule has 0 aromatic carbocycles. The van der Waals surface area contributed by atoms with E-state index in [1.807, 2.05) is 6.20 Å². The summed E-state index contributed by atoms with van der Waals surface area (Å²) in [7, 11) is 0. The summed E-state index contributed by atoms with van der Waals surface area (Å²) < 4.78 is 0. The number of nitrogens with one attached hydrogen (secondary N) is 2. The minimum atomic E-state index is 0.0666. The molecule has 0 aliphatic carbocycles. The Hall–Kier alpha value is -1.62. The zero-order valence-corrected chi connectivity index (χ0v) is 13.2. The van der Waals surface area contributed by atoms with E-state index in [4.69, 9.17) is 0 Å². The standard InChI is InChI=1S/C16H26N4O/c1-4-17-12(2)16-6-5-15(11-18-16)20-9-7-14(8-10-20)19-13(3)21/h5-6,11-12,14,17H,4,7-10H2,1-3H3,(H,19,21). The van der Waals surface area contributed by atoms with Crippen molar-refractivity contribution in [2.24, 2.45) is 0 Å². The molecule has 116 valence electrons. The molecule has 0 spiro atoms. The smallest absolute Gasteiger partial charge is 0.217 e. The van der Waals surface area contributed by atoms with Crippen molar-refractivity contribution in [1.82, 2.24) is 15.6 Å². The largest absolute Gasteiger partial charge is 0.370 e. The van der Waals surface area contributed by atoms with Gasteiger partial charge in [0.25, 0.3) is 0 Å². The van der Waals surface area contributed by atoms with Crippen LogP contribution in [-0.2, 0) is 4.79 Å². The lowest BCUT2D eigenvalue weighted by molar-refractivity contribution is -0.119. The lowest BCUT2D eigenvalue weighted by atomic mass is 10.0. The number of rotatable bonds is 5. The highest BCUT2D eigenvalue weighted by Crippen LogP contribution is 2.20. The lowest BCUT2D eigenvalue weighted by Gasteiger charge is -2.33. The highest BCUT2D eigenvalue weighted by atomic mass is 16.1. The van der Waals surface area contributed by atoms with Crippen LogP contribution in [0, 0.1) is 0 Å². The van der Waals surface area contributed by atoms with E-state index < -0.39 is 0 Å². The van der Waals surface area contributed by atoms with Crippen LogP contribution >= 0.6 is 0 Å². The highest BCUT2D eigenvalue weighted by Gasteiger charge is 2.20. The van der Waals surface area contributed by atoms with Gasteiger partial charge in [-0.2, -0.15) is 0 Å². The molecule has 1 saturated heterocycles. The fraction of sp³-hybridized carbons (Fsp3) is 0.625. The van der Waals surface area contributed by atoms with Gasteiger partial charge in [0.15, 0.2) is 0 Å². The Morgan fingerprint density at radius 3 is 2.67 bits per heavy atom. The van der Waals surface area contributed by atoms with Crippen molar-refractivity contribution in [2.75, 3.05) is 24.5 Å². The highest BCUT2D eigenvalue weighted by molar-refractivity contribution is 5.73. The SMILES string of the molecule is CCNC(C)c1ccc(N2CCC(NC(C)=O)CC2)cn1. The average Bonchev–Trinajstić information content (AvgIpc) is 2.48. The van der Waals surface area contributed by atoms with Gasteiger partial charge in [-0.05, 0) is 38.4 Å². The van der Waals surface area contributed by atoms with Crippen molar-refractivity contribution in [3.8, 4) is 0 Å². The minimum Gasteiger partial charge on any atom is -0.370 e. The second kappa shape index (κ2) is 7.41. The number of hydrogen-bond donors (Lipinski definition) is 2. The minimum absolute atomic E-state index is 0.0666. The molecule has 1 aromatic heterocycles. The van der Waals surface area contributed by atoms with Crippen LogP contribution in [0.15, 0.2) is 18.3 Å². The fourth-order valence-electron chi connectivity index (χ4n) is 2.82. The van der Waals surface area contributed by atoms with Crippen molar-refractivity contribution in [3.63, 3.8) is 0 Å². The molecule has 2 N–H and O–H groups in total. The molecule has 5 heteroatoms. The van der Waals surface area contributed by atoms with Crippen molar-refractivity contribution < 1.29 is 4.79 Å². The van der Waals surface area contributed by atoms with Crippen LogP contribution < -0.4 is 15.5 Å². The van der Waals surface area contributed by atoms with Gasteiger partial charge in [0.2, 0.25) is 5.91 Å². The molecule has 1 unspecified atom stereocenters. The van der Waals surface area contributed by atoms with E-state index in [2.05, 4.69) is 46.5 Å². The van der Waals surface area contributed by atoms with Crippen LogP contribution in [0.4, 0.5) is 5.69 Å². The molecule has 0 bridgehead atoms. The first-order valence-electron chi connectivity index (χ1n) is 7.81. The van der Waals surface area contributed by atoms with E-state index in [1.165, 1.54) is 5.69 Å². The Morgan fingerprint density at radius 2 is 2.14 bits per heavy atom. The predicted molar refractivity (Wildman–Crippen MR) is 85.4 cm³/mol. The van der Waals surface area contributed by atoms with E-state index >= 15 is 0 Å². The first kappa shape index (κ1) is 15.8. The van der Waals surface area contributed by atoms with Crippen LogP contribution in [0.25, 0.3) is 0 Å². The number of amides is 1. The molecule has 2 heterocycles. The maximum atomic E-state index is 11.1. The van der Waals surface area contributed by atoms with Crippen molar-refractivity contribution in [2.45, 2.75) is 45.7 Å². The van der Waals surface area contributed by atoms with E-state index in [0.717, 1.165) is 38.2 Å². The van der Waals surface area contributed by atoms with Gasteiger partial charge in [-0.25, -0.2) is 0 Å². The molecule has 21 heavy (non-hydrogen) atoms. The number of aromatic nitrogens is 1. The Morgan fingerprint density at radius 1 is 1.43 bits per heavy atom. The van der Waals surface area contributed by atoms with Gasteiger partial charge in [-0.15, -0.1) is 0 Å². The van der Waals surface area contributed by atoms with E-state index in [1.54, 1.807) is 6.92 Å². The van der Waals surface area contributed by atoms with Crippen LogP contribution in [0.3, 0.4) is 0 Å². The number of hydrogen-bond acceptors (Lipinski definition) is 4. The molecule has 2 rings (SSSR count). The van der Waals surface area contributed by atoms with Crippen molar-refractivity contribution in [1.29, 1.82) is 0 Å². The number of piperidine rings is 1. The predicted octanol–water partition coefficient (Wildman–Crippen LogP) is 1.86. The third kappa shape index (κ3) is 4.43. The summed E-state index contributed by atoms with van der Waals surface area (Å²) in [6, 6.07) is 4.85. The average molecular weight is 290 g/mol. The second-order valence-electron chi connectivity index (χ2n) is 5.68. The van der Waals surface area contributed by atoms with Gasteiger partial charge in [0, 0.05) is 32.1 Å². The fourth-order valence-corrected chi connectivity index (χ4v) is 2.82. The Kier molecular flexibility index (Phi) is 5.56. The zero-order valence-electron chi connectivity index (χ0n) is 13.2. The summed E-state index contributed by atoms with van der Waals surface area (Å²) in [5, 5.41) is 6.37. The third-order valence-corrected chi connectivity index (χ3v) is 3.99. The molecule has 1 amide bonds. The second-order valence-corrected chi connectivity index (χ2v) is 5.68. The number of nitrogens with zero attached hydrogens (tertiary/aromatic N) is 2. The van der Waals surface area contributed by atoms with Gasteiger partial charge in [-0.3, -0.25) is 9.78 Å². The van der Waals surface area contributed by atoms with Crippen molar-refractivity contribution in [3.05, 3.63) is 24.0 Å². The monoisotopic (exact) mass is 290 g/mol. The lowest BCUT2D eigenvalue weighted by Crippen LogP contribution is -2.44. The van der Waals surface area contributed by atoms with Crippen LogP contribution in [0.1, 0.15) is 45.3 Å². The zero-order chi connectivity index (χ0) is 15.2. The molecule has 5 nitrogen and oxygen atoms in total. The molecule has 0 radical (unpaired) electrons. The summed E-state index contributed by atoms with van der Waals surface area (Å²) in [5.74, 6) is 0.0666. The topological polar surface area (TPSA) is 57.3 Å². The van der Waals surface area contributed by atoms with E-state index in [9.17, 15) is 4.79 Å². The van der Waals surface area contributed by atoms with Gasteiger partial charge < -0.3 is 15.5 Å². The van der Waals surface area contributed by atoms with E-state index in [-0.39, 0.29) is 11.9 Å². The number of carbonyl (C=O) groups is 1. The molecule has 0 saturated carbocycles. The summed E-state index contributed by atoms with van der Waals surface area (Å²) in [4.78, 5) is 18.0. The Labute approximate surface area is 127 Å². The molecule has 1 fully saturated rings. The molecule has 1 aliphatic rings. The van der Waals surface area contributed by atoms with Crippen LogP contribution in [0.5, 0.6) is 0 Å². The number of carbonyl (C=O) groups excluding carboxylic acids is 1. The van der Waals surface area contributed by atoms with E-state index in [0.29, 0.717) is 6.04 Å². The molecule has 1 aliphatic heterocycles. The van der Waals surface area contributed by atoms with Crippen molar-refractivity contribution >= 4 is 11.6 Å². The van der Waals surface area contributed by atoms with Gasteiger partial charge in [0.1, 0.15) is 0 Å². The van der Waals surface area contributed by atoms with Gasteiger partial charge in [0.05, 0.1) is 17.6 Å². The summed E-state index contributed by atoms with van der Waals surface area (Å²) in [6.07, 6.45) is 3.95. The van der Waals surface area contributed by atoms with Crippen LogP contribution in [0.2, 0.25) is 0 Å². The Bertz CT molecular complexity index is 452. The molecular formula is C16H26N4O. The molecule has 1 aromatic rings. The molecule has 1 atom stereocenters. The quantitative estimate of drug-likeness (QED) is 0.869.